The third-order valence-corrected chi connectivity index (χ3v) is 4.87. The van der Waals surface area contributed by atoms with Crippen molar-refractivity contribution in [2.75, 3.05) is 11.9 Å². The van der Waals surface area contributed by atoms with Crippen LogP contribution in [0.4, 0.5) is 5.69 Å². The summed E-state index contributed by atoms with van der Waals surface area (Å²) in [7, 11) is 0. The van der Waals surface area contributed by atoms with Gasteiger partial charge in [0, 0.05) is 12.2 Å². The molecule has 3 aromatic carbocycles. The predicted octanol–water partition coefficient (Wildman–Crippen LogP) is 3.09. The first-order valence-corrected chi connectivity index (χ1v) is 10.7. The summed E-state index contributed by atoms with van der Waals surface area (Å²) >= 11 is 0. The normalized spacial score (nSPS) is 10.5. The Morgan fingerprint density at radius 2 is 1.59 bits per heavy atom. The van der Waals surface area contributed by atoms with E-state index in [1.807, 2.05) is 62.4 Å². The molecule has 34 heavy (non-hydrogen) atoms. The number of nitrogens with one attached hydrogen (secondary N) is 3. The van der Waals surface area contributed by atoms with E-state index < -0.39 is 11.8 Å². The first-order chi connectivity index (χ1) is 16.4. The van der Waals surface area contributed by atoms with Crippen molar-refractivity contribution in [1.29, 1.82) is 0 Å². The van der Waals surface area contributed by atoms with Crippen molar-refractivity contribution in [2.24, 2.45) is 5.10 Å². The minimum atomic E-state index is -0.888. The van der Waals surface area contributed by atoms with Crippen LogP contribution >= 0.6 is 0 Å². The van der Waals surface area contributed by atoms with Crippen molar-refractivity contribution >= 4 is 29.6 Å². The molecule has 0 atom stereocenters. The lowest BCUT2D eigenvalue weighted by Gasteiger charge is -2.10. The van der Waals surface area contributed by atoms with E-state index in [9.17, 15) is 14.4 Å². The first-order valence-electron chi connectivity index (χ1n) is 10.7. The molecule has 0 radical (unpaired) electrons. The fourth-order valence-corrected chi connectivity index (χ4v) is 3.08. The molecule has 0 aliphatic rings. The smallest absolute Gasteiger partial charge is 0.329 e. The summed E-state index contributed by atoms with van der Waals surface area (Å²) in [6.07, 6.45) is 1.38. The van der Waals surface area contributed by atoms with Crippen molar-refractivity contribution in [3.63, 3.8) is 0 Å². The van der Waals surface area contributed by atoms with Crippen LogP contribution in [0, 0.1) is 13.8 Å². The van der Waals surface area contributed by atoms with Crippen LogP contribution in [0.3, 0.4) is 0 Å². The number of rotatable bonds is 8. The molecule has 3 rings (SSSR count). The Bertz CT molecular complexity index is 1170. The number of carbonyl (C=O) groups excluding carboxylic acids is 3. The quantitative estimate of drug-likeness (QED) is 0.274. The van der Waals surface area contributed by atoms with E-state index >= 15 is 0 Å². The minimum absolute atomic E-state index is 0.136. The van der Waals surface area contributed by atoms with Gasteiger partial charge in [0.15, 0.2) is 6.61 Å². The monoisotopic (exact) mass is 458 g/mol. The lowest BCUT2D eigenvalue weighted by Crippen LogP contribution is -2.32. The molecule has 0 saturated heterocycles. The Hall–Kier alpha value is -4.46. The molecule has 0 aromatic heterocycles. The van der Waals surface area contributed by atoms with Crippen molar-refractivity contribution in [3.8, 4) is 5.75 Å². The summed E-state index contributed by atoms with van der Waals surface area (Å²) in [6, 6.07) is 22.0. The van der Waals surface area contributed by atoms with Gasteiger partial charge in [0.2, 0.25) is 0 Å². The Morgan fingerprint density at radius 1 is 0.882 bits per heavy atom. The lowest BCUT2D eigenvalue weighted by molar-refractivity contribution is -0.136. The third-order valence-electron chi connectivity index (χ3n) is 4.87. The van der Waals surface area contributed by atoms with Crippen molar-refractivity contribution in [2.45, 2.75) is 20.4 Å². The molecule has 3 amide bonds. The van der Waals surface area contributed by atoms with E-state index in [2.05, 4.69) is 21.2 Å². The summed E-state index contributed by atoms with van der Waals surface area (Å²) < 4.78 is 5.53. The van der Waals surface area contributed by atoms with Gasteiger partial charge in [0.1, 0.15) is 5.75 Å². The average molecular weight is 459 g/mol. The van der Waals surface area contributed by atoms with Crippen molar-refractivity contribution < 1.29 is 19.1 Å². The second kappa shape index (κ2) is 12.0. The number of amides is 3. The van der Waals surface area contributed by atoms with Crippen LogP contribution in [0.1, 0.15) is 22.3 Å². The molecule has 0 aliphatic carbocycles. The number of hydrazone groups is 1. The largest absolute Gasteiger partial charge is 0.484 e. The molecule has 0 spiro atoms. The van der Waals surface area contributed by atoms with Gasteiger partial charge in [-0.3, -0.25) is 14.4 Å². The van der Waals surface area contributed by atoms with Crippen molar-refractivity contribution in [3.05, 3.63) is 95.1 Å². The van der Waals surface area contributed by atoms with Crippen LogP contribution in [0.2, 0.25) is 0 Å². The number of para-hydroxylation sites is 1. The average Bonchev–Trinajstić information content (AvgIpc) is 2.84. The SMILES string of the molecule is Cc1cccc(C)c1NC(=O)C(=O)N/N=C\c1cccc(OCC(=O)NCc2ccccc2)c1. The van der Waals surface area contributed by atoms with Crippen LogP contribution in [0.15, 0.2) is 77.9 Å². The van der Waals surface area contributed by atoms with Gasteiger partial charge < -0.3 is 15.4 Å². The molecule has 0 fully saturated rings. The Balaban J connectivity index is 1.46. The number of nitrogens with zero attached hydrogens (tertiary/aromatic N) is 1. The van der Waals surface area contributed by atoms with Gasteiger partial charge in [0.25, 0.3) is 5.91 Å². The van der Waals surface area contributed by atoms with Crippen LogP contribution in [-0.2, 0) is 20.9 Å². The fourth-order valence-electron chi connectivity index (χ4n) is 3.08. The van der Waals surface area contributed by atoms with Gasteiger partial charge in [-0.1, -0.05) is 60.7 Å². The number of hydrogen-bond donors (Lipinski definition) is 3. The summed E-state index contributed by atoms with van der Waals surface area (Å²) in [4.78, 5) is 36.2. The maximum Gasteiger partial charge on any atom is 0.329 e. The molecule has 0 aliphatic heterocycles. The van der Waals surface area contributed by atoms with Gasteiger partial charge in [0.05, 0.1) is 6.21 Å². The van der Waals surface area contributed by atoms with E-state index in [0.29, 0.717) is 23.5 Å². The molecule has 3 N–H and O–H groups in total. The number of benzene rings is 3. The lowest BCUT2D eigenvalue weighted by atomic mass is 10.1. The molecule has 0 bridgehead atoms. The number of aryl methyl sites for hydroxylation is 2. The molecular formula is C26H26N4O4. The number of anilines is 1. The highest BCUT2D eigenvalue weighted by molar-refractivity contribution is 6.39. The van der Waals surface area contributed by atoms with Gasteiger partial charge >= 0.3 is 11.8 Å². The summed E-state index contributed by atoms with van der Waals surface area (Å²) in [5.41, 5.74) is 6.14. The number of hydrogen-bond acceptors (Lipinski definition) is 5. The molecule has 0 heterocycles. The molecule has 3 aromatic rings. The summed E-state index contributed by atoms with van der Waals surface area (Å²) in [5.74, 6) is -1.47. The van der Waals surface area contributed by atoms with Crippen LogP contribution in [0.25, 0.3) is 0 Å². The zero-order chi connectivity index (χ0) is 24.3. The Labute approximate surface area is 198 Å². The van der Waals surface area contributed by atoms with E-state index in [-0.39, 0.29) is 12.5 Å². The highest BCUT2D eigenvalue weighted by Gasteiger charge is 2.15. The van der Waals surface area contributed by atoms with E-state index in [1.165, 1.54) is 6.21 Å². The van der Waals surface area contributed by atoms with E-state index in [4.69, 9.17) is 4.74 Å². The molecule has 8 nitrogen and oxygen atoms in total. The number of carbonyl (C=O) groups is 3. The van der Waals surface area contributed by atoms with Gasteiger partial charge in [-0.05, 0) is 48.2 Å². The van der Waals surface area contributed by atoms with Gasteiger partial charge in [-0.15, -0.1) is 0 Å². The molecule has 0 saturated carbocycles. The molecule has 0 unspecified atom stereocenters. The second-order valence-corrected chi connectivity index (χ2v) is 7.54. The maximum absolute atomic E-state index is 12.2. The highest BCUT2D eigenvalue weighted by atomic mass is 16.5. The fraction of sp³-hybridized carbons (Fsp3) is 0.154. The maximum atomic E-state index is 12.2. The van der Waals surface area contributed by atoms with Crippen LogP contribution in [-0.4, -0.2) is 30.5 Å². The van der Waals surface area contributed by atoms with Crippen molar-refractivity contribution in [1.82, 2.24) is 10.7 Å². The standard InChI is InChI=1S/C26H26N4O4/c1-18-8-6-9-19(2)24(18)29-25(32)26(33)30-28-16-21-12-7-13-22(14-21)34-17-23(31)27-15-20-10-4-3-5-11-20/h3-14,16H,15,17H2,1-2H3,(H,27,31)(H,29,32)(H,30,33)/b28-16-. The third kappa shape index (κ3) is 7.30. The predicted molar refractivity (Wildman–Crippen MR) is 131 cm³/mol. The first kappa shape index (κ1) is 24.2. The Morgan fingerprint density at radius 3 is 2.32 bits per heavy atom. The topological polar surface area (TPSA) is 109 Å². The Kier molecular flexibility index (Phi) is 8.51. The summed E-state index contributed by atoms with van der Waals surface area (Å²) in [6.45, 7) is 3.98. The number of ether oxygens (including phenoxy) is 1. The minimum Gasteiger partial charge on any atom is -0.484 e. The molecule has 8 heteroatoms. The second-order valence-electron chi connectivity index (χ2n) is 7.54. The van der Waals surface area contributed by atoms with Gasteiger partial charge in [-0.25, -0.2) is 5.43 Å². The molecular weight excluding hydrogens is 432 g/mol. The molecule has 174 valence electrons. The summed E-state index contributed by atoms with van der Waals surface area (Å²) in [5, 5.41) is 9.22. The zero-order valence-electron chi connectivity index (χ0n) is 19.0. The zero-order valence-corrected chi connectivity index (χ0v) is 19.0. The van der Waals surface area contributed by atoms with Crippen LogP contribution in [0.5, 0.6) is 5.75 Å². The van der Waals surface area contributed by atoms with E-state index in [1.54, 1.807) is 24.3 Å². The van der Waals surface area contributed by atoms with Gasteiger partial charge in [-0.2, -0.15) is 5.10 Å². The highest BCUT2D eigenvalue weighted by Crippen LogP contribution is 2.19. The van der Waals surface area contributed by atoms with Crippen LogP contribution < -0.4 is 20.8 Å². The van der Waals surface area contributed by atoms with E-state index in [0.717, 1.165) is 16.7 Å².